The van der Waals surface area contributed by atoms with Crippen molar-refractivity contribution in [3.63, 3.8) is 0 Å². The zero-order chi connectivity index (χ0) is 10.7. The number of halogens is 1. The van der Waals surface area contributed by atoms with Crippen molar-refractivity contribution >= 4 is 29.1 Å². The van der Waals surface area contributed by atoms with Crippen LogP contribution in [-0.4, -0.2) is 5.75 Å². The topological polar surface area (TPSA) is 26.0 Å². The minimum absolute atomic E-state index is 0.668. The second-order valence-corrected chi connectivity index (χ2v) is 5.65. The molecule has 1 aliphatic carbocycles. The standard InChI is InChI=1S/C12H16ClNS/c13-11-7-10(5-6-12(11)14)15-8-9-3-1-2-4-9/h5-7,9H,1-4,8,14H2. The van der Waals surface area contributed by atoms with Gasteiger partial charge >= 0.3 is 0 Å². The fraction of sp³-hybridized carbons (Fsp3) is 0.500. The van der Waals surface area contributed by atoms with Crippen molar-refractivity contribution < 1.29 is 0 Å². The molecule has 0 heterocycles. The Bertz CT molecular complexity index is 334. The van der Waals surface area contributed by atoms with Crippen molar-refractivity contribution in [1.82, 2.24) is 0 Å². The predicted molar refractivity (Wildman–Crippen MR) is 68.5 cm³/mol. The highest BCUT2D eigenvalue weighted by Crippen LogP contribution is 2.32. The number of thioether (sulfide) groups is 1. The Labute approximate surface area is 100 Å². The Morgan fingerprint density at radius 3 is 2.73 bits per heavy atom. The molecule has 1 fully saturated rings. The number of anilines is 1. The third-order valence-electron chi connectivity index (χ3n) is 2.93. The zero-order valence-electron chi connectivity index (χ0n) is 8.71. The fourth-order valence-electron chi connectivity index (χ4n) is 1.99. The van der Waals surface area contributed by atoms with Crippen LogP contribution in [0.2, 0.25) is 5.02 Å². The maximum Gasteiger partial charge on any atom is 0.0646 e. The van der Waals surface area contributed by atoms with Gasteiger partial charge in [0, 0.05) is 10.6 Å². The highest BCUT2D eigenvalue weighted by Gasteiger charge is 2.14. The van der Waals surface area contributed by atoms with E-state index in [1.165, 1.54) is 36.3 Å². The van der Waals surface area contributed by atoms with E-state index >= 15 is 0 Å². The first kappa shape index (κ1) is 11.2. The number of hydrogen-bond donors (Lipinski definition) is 1. The molecule has 15 heavy (non-hydrogen) atoms. The van der Waals surface area contributed by atoms with Gasteiger partial charge in [0.05, 0.1) is 10.7 Å². The van der Waals surface area contributed by atoms with Gasteiger partial charge in [-0.2, -0.15) is 0 Å². The summed E-state index contributed by atoms with van der Waals surface area (Å²) in [4.78, 5) is 1.24. The van der Waals surface area contributed by atoms with E-state index in [4.69, 9.17) is 17.3 Å². The Morgan fingerprint density at radius 2 is 2.07 bits per heavy atom. The highest BCUT2D eigenvalue weighted by atomic mass is 35.5. The van der Waals surface area contributed by atoms with Crippen molar-refractivity contribution in [1.29, 1.82) is 0 Å². The highest BCUT2D eigenvalue weighted by molar-refractivity contribution is 7.99. The van der Waals surface area contributed by atoms with Gasteiger partial charge in [-0.15, -0.1) is 11.8 Å². The van der Waals surface area contributed by atoms with E-state index in [1.54, 1.807) is 0 Å². The first-order chi connectivity index (χ1) is 7.25. The van der Waals surface area contributed by atoms with Gasteiger partial charge in [-0.05, 0) is 37.0 Å². The van der Waals surface area contributed by atoms with Gasteiger partial charge in [0.25, 0.3) is 0 Å². The summed E-state index contributed by atoms with van der Waals surface area (Å²) in [6.45, 7) is 0. The normalized spacial score (nSPS) is 17.1. The van der Waals surface area contributed by atoms with Gasteiger partial charge in [0.15, 0.2) is 0 Å². The Hall–Kier alpha value is -0.340. The number of nitrogen functional groups attached to an aromatic ring is 1. The van der Waals surface area contributed by atoms with Crippen LogP contribution in [0.4, 0.5) is 5.69 Å². The van der Waals surface area contributed by atoms with E-state index in [0.29, 0.717) is 10.7 Å². The van der Waals surface area contributed by atoms with Gasteiger partial charge in [-0.3, -0.25) is 0 Å². The van der Waals surface area contributed by atoms with Crippen LogP contribution >= 0.6 is 23.4 Å². The molecule has 0 amide bonds. The van der Waals surface area contributed by atoms with Gasteiger partial charge in [-0.1, -0.05) is 24.4 Å². The van der Waals surface area contributed by atoms with Crippen LogP contribution in [0.3, 0.4) is 0 Å². The molecule has 0 spiro atoms. The summed E-state index contributed by atoms with van der Waals surface area (Å²) in [5, 5.41) is 0.673. The third kappa shape index (κ3) is 3.05. The predicted octanol–water partition coefficient (Wildman–Crippen LogP) is 4.20. The molecule has 0 bridgehead atoms. The molecule has 3 heteroatoms. The molecule has 1 nitrogen and oxygen atoms in total. The lowest BCUT2D eigenvalue weighted by molar-refractivity contribution is 0.623. The summed E-state index contributed by atoms with van der Waals surface area (Å²) in [6, 6.07) is 5.91. The Morgan fingerprint density at radius 1 is 1.33 bits per heavy atom. The van der Waals surface area contributed by atoms with Gasteiger partial charge in [0.2, 0.25) is 0 Å². The molecule has 0 radical (unpaired) electrons. The van der Waals surface area contributed by atoms with Crippen LogP contribution in [0.5, 0.6) is 0 Å². The molecular weight excluding hydrogens is 226 g/mol. The first-order valence-corrected chi connectivity index (χ1v) is 6.80. The molecule has 1 aromatic rings. The maximum atomic E-state index is 5.97. The molecule has 0 atom stereocenters. The first-order valence-electron chi connectivity index (χ1n) is 5.43. The van der Waals surface area contributed by atoms with Crippen molar-refractivity contribution in [2.75, 3.05) is 11.5 Å². The molecule has 0 aromatic heterocycles. The molecule has 1 aliphatic rings. The largest absolute Gasteiger partial charge is 0.398 e. The minimum atomic E-state index is 0.668. The van der Waals surface area contributed by atoms with Crippen molar-refractivity contribution in [3.05, 3.63) is 23.2 Å². The second-order valence-electron chi connectivity index (χ2n) is 4.14. The molecule has 2 N–H and O–H groups in total. The summed E-state index contributed by atoms with van der Waals surface area (Å²) >= 11 is 7.87. The summed E-state index contributed by atoms with van der Waals surface area (Å²) < 4.78 is 0. The molecule has 1 aromatic carbocycles. The summed E-state index contributed by atoms with van der Waals surface area (Å²) in [5.74, 6) is 2.13. The second kappa shape index (κ2) is 5.13. The SMILES string of the molecule is Nc1ccc(SCC2CCCC2)cc1Cl. The fourth-order valence-corrected chi connectivity index (χ4v) is 3.36. The lowest BCUT2D eigenvalue weighted by Crippen LogP contribution is -1.96. The van der Waals surface area contributed by atoms with Crippen molar-refractivity contribution in [2.45, 2.75) is 30.6 Å². The maximum absolute atomic E-state index is 5.97. The monoisotopic (exact) mass is 241 g/mol. The van der Waals surface area contributed by atoms with Crippen LogP contribution in [0.25, 0.3) is 0 Å². The molecule has 1 saturated carbocycles. The van der Waals surface area contributed by atoms with Crippen LogP contribution in [0.1, 0.15) is 25.7 Å². The third-order valence-corrected chi connectivity index (χ3v) is 4.49. The average Bonchev–Trinajstić information content (AvgIpc) is 2.73. The minimum Gasteiger partial charge on any atom is -0.398 e. The van der Waals surface area contributed by atoms with Crippen LogP contribution in [-0.2, 0) is 0 Å². The van der Waals surface area contributed by atoms with Gasteiger partial charge in [0.1, 0.15) is 0 Å². The summed E-state index contributed by atoms with van der Waals surface area (Å²) in [5.41, 5.74) is 6.33. The molecule has 2 rings (SSSR count). The Balaban J connectivity index is 1.90. The Kier molecular flexibility index (Phi) is 3.81. The number of nitrogens with two attached hydrogens (primary N) is 1. The van der Waals surface area contributed by atoms with Crippen molar-refractivity contribution in [3.8, 4) is 0 Å². The number of rotatable bonds is 3. The van der Waals surface area contributed by atoms with E-state index in [2.05, 4.69) is 6.07 Å². The van der Waals surface area contributed by atoms with Crippen LogP contribution in [0.15, 0.2) is 23.1 Å². The van der Waals surface area contributed by atoms with Gasteiger partial charge in [-0.25, -0.2) is 0 Å². The smallest absolute Gasteiger partial charge is 0.0646 e. The van der Waals surface area contributed by atoms with E-state index in [-0.39, 0.29) is 0 Å². The van der Waals surface area contributed by atoms with E-state index < -0.39 is 0 Å². The van der Waals surface area contributed by atoms with Crippen LogP contribution < -0.4 is 5.73 Å². The van der Waals surface area contributed by atoms with E-state index in [0.717, 1.165) is 5.92 Å². The van der Waals surface area contributed by atoms with Gasteiger partial charge < -0.3 is 5.73 Å². The van der Waals surface area contributed by atoms with E-state index in [9.17, 15) is 0 Å². The quantitative estimate of drug-likeness (QED) is 0.634. The number of hydrogen-bond acceptors (Lipinski definition) is 2. The lowest BCUT2D eigenvalue weighted by Gasteiger charge is -2.08. The van der Waals surface area contributed by atoms with Crippen molar-refractivity contribution in [2.24, 2.45) is 5.92 Å². The number of benzene rings is 1. The molecule has 0 unspecified atom stereocenters. The van der Waals surface area contributed by atoms with Crippen LogP contribution in [0, 0.1) is 5.92 Å². The lowest BCUT2D eigenvalue weighted by atomic mass is 10.1. The summed E-state index contributed by atoms with van der Waals surface area (Å²) in [6.07, 6.45) is 5.62. The van der Waals surface area contributed by atoms with E-state index in [1.807, 2.05) is 23.9 Å². The molecular formula is C12H16ClNS. The molecule has 82 valence electrons. The average molecular weight is 242 g/mol. The molecule has 0 saturated heterocycles. The zero-order valence-corrected chi connectivity index (χ0v) is 10.3. The summed E-state index contributed by atoms with van der Waals surface area (Å²) in [7, 11) is 0. The molecule has 0 aliphatic heterocycles.